The van der Waals surface area contributed by atoms with Crippen molar-refractivity contribution in [1.82, 2.24) is 0 Å². The number of likely N-dealkylation sites (N-methyl/N-ethyl adjacent to an activating group) is 1. The summed E-state index contributed by atoms with van der Waals surface area (Å²) in [4.78, 5) is 27.2. The first-order valence-electron chi connectivity index (χ1n) is 7.44. The molecule has 3 rings (SSSR count). The van der Waals surface area contributed by atoms with Crippen LogP contribution >= 0.6 is 0 Å². The predicted octanol–water partition coefficient (Wildman–Crippen LogP) is 1.85. The van der Waals surface area contributed by atoms with E-state index in [2.05, 4.69) is 4.90 Å². The van der Waals surface area contributed by atoms with Gasteiger partial charge in [-0.1, -0.05) is 0 Å². The number of anilines is 2. The summed E-state index contributed by atoms with van der Waals surface area (Å²) >= 11 is 0. The first-order valence-corrected chi connectivity index (χ1v) is 7.44. The van der Waals surface area contributed by atoms with Crippen LogP contribution in [0.25, 0.3) is 0 Å². The van der Waals surface area contributed by atoms with Crippen LogP contribution in [-0.4, -0.2) is 44.5 Å². The molecule has 2 aliphatic heterocycles. The van der Waals surface area contributed by atoms with Gasteiger partial charge >= 0.3 is 0 Å². The maximum absolute atomic E-state index is 11.8. The van der Waals surface area contributed by atoms with Crippen molar-refractivity contribution in [1.29, 1.82) is 0 Å². The molecule has 1 fully saturated rings. The van der Waals surface area contributed by atoms with Crippen molar-refractivity contribution in [2.24, 2.45) is 0 Å². The summed E-state index contributed by atoms with van der Waals surface area (Å²) in [7, 11) is 1.65. The molecule has 0 bridgehead atoms. The van der Waals surface area contributed by atoms with Crippen LogP contribution in [-0.2, 0) is 9.53 Å². The molecule has 1 aromatic carbocycles. The summed E-state index contributed by atoms with van der Waals surface area (Å²) in [6.45, 7) is 4.58. The van der Waals surface area contributed by atoms with Crippen molar-refractivity contribution >= 4 is 23.1 Å². The van der Waals surface area contributed by atoms with Gasteiger partial charge in [0.15, 0.2) is 0 Å². The molecule has 0 spiro atoms. The maximum atomic E-state index is 11.8. The number of ketones is 1. The summed E-state index contributed by atoms with van der Waals surface area (Å²) in [6, 6.07) is 5.63. The second kappa shape index (κ2) is 5.48. The topological polar surface area (TPSA) is 49.9 Å². The highest BCUT2D eigenvalue weighted by Crippen LogP contribution is 2.33. The van der Waals surface area contributed by atoms with E-state index >= 15 is 0 Å². The monoisotopic (exact) mass is 288 g/mol. The van der Waals surface area contributed by atoms with Gasteiger partial charge in [-0.05, 0) is 38.0 Å². The molecule has 0 saturated carbocycles. The lowest BCUT2D eigenvalue weighted by Crippen LogP contribution is -2.39. The molecule has 5 heteroatoms. The summed E-state index contributed by atoms with van der Waals surface area (Å²) in [5.41, 5.74) is 2.26. The van der Waals surface area contributed by atoms with Gasteiger partial charge in [0.05, 0.1) is 17.4 Å². The first-order chi connectivity index (χ1) is 10.1. The van der Waals surface area contributed by atoms with Crippen molar-refractivity contribution in [3.8, 4) is 0 Å². The molecule has 5 nitrogen and oxygen atoms in total. The fourth-order valence-corrected chi connectivity index (χ4v) is 3.11. The number of piperidine rings is 1. The number of hydrogen-bond donors (Lipinski definition) is 0. The molecule has 21 heavy (non-hydrogen) atoms. The zero-order chi connectivity index (χ0) is 15.0. The van der Waals surface area contributed by atoms with E-state index in [-0.39, 0.29) is 6.10 Å². The Morgan fingerprint density at radius 3 is 2.90 bits per heavy atom. The highest BCUT2D eigenvalue weighted by atomic mass is 16.5. The average Bonchev–Trinajstić information content (AvgIpc) is 2.72. The number of Topliss-reactive ketones (excluding diaryl/α,β-unsaturated/α-hetero) is 1. The summed E-state index contributed by atoms with van der Waals surface area (Å²) < 4.78 is 5.72. The fourth-order valence-electron chi connectivity index (χ4n) is 3.11. The third-order valence-corrected chi connectivity index (χ3v) is 4.23. The number of benzene rings is 1. The molecule has 2 aliphatic rings. The number of carbonyl (C=O) groups excluding carboxylic acids is 2. The van der Waals surface area contributed by atoms with Gasteiger partial charge in [-0.3, -0.25) is 9.59 Å². The van der Waals surface area contributed by atoms with Crippen LogP contribution in [0, 0.1) is 0 Å². The van der Waals surface area contributed by atoms with Crippen molar-refractivity contribution in [2.75, 3.05) is 36.5 Å². The molecular formula is C16H20N2O3. The minimum Gasteiger partial charge on any atom is -0.377 e. The molecule has 1 saturated heterocycles. The maximum Gasteiger partial charge on any atom is 0.299 e. The third-order valence-electron chi connectivity index (χ3n) is 4.23. The quantitative estimate of drug-likeness (QED) is 0.797. The minimum absolute atomic E-state index is 0.262. The second-order valence-electron chi connectivity index (χ2n) is 5.56. The Bertz CT molecular complexity index is 583. The second-order valence-corrected chi connectivity index (χ2v) is 5.56. The first kappa shape index (κ1) is 14.1. The molecule has 1 amide bonds. The van der Waals surface area contributed by atoms with E-state index in [1.807, 2.05) is 19.1 Å². The number of rotatable bonds is 3. The van der Waals surface area contributed by atoms with E-state index in [4.69, 9.17) is 4.74 Å². The predicted molar refractivity (Wildman–Crippen MR) is 81.0 cm³/mol. The number of nitrogens with zero attached hydrogens (tertiary/aromatic N) is 2. The SMILES string of the molecule is CCOC1CCCN(c2ccc3c(c2)N(C)C(=O)C3=O)C1. The average molecular weight is 288 g/mol. The molecule has 0 radical (unpaired) electrons. The molecule has 1 aromatic rings. The van der Waals surface area contributed by atoms with E-state index in [1.165, 1.54) is 4.90 Å². The molecule has 1 atom stereocenters. The Kier molecular flexibility index (Phi) is 3.68. The molecule has 0 aliphatic carbocycles. The van der Waals surface area contributed by atoms with Crippen LogP contribution in [0.2, 0.25) is 0 Å². The number of ether oxygens (including phenoxy) is 1. The van der Waals surface area contributed by atoms with E-state index in [1.54, 1.807) is 13.1 Å². The molecule has 2 heterocycles. The highest BCUT2D eigenvalue weighted by Gasteiger charge is 2.34. The van der Waals surface area contributed by atoms with Crippen LogP contribution in [0.3, 0.4) is 0 Å². The molecule has 0 N–H and O–H groups in total. The largest absolute Gasteiger partial charge is 0.377 e. The highest BCUT2D eigenvalue weighted by molar-refractivity contribution is 6.52. The normalized spacial score (nSPS) is 21.9. The number of carbonyl (C=O) groups is 2. The Morgan fingerprint density at radius 1 is 1.33 bits per heavy atom. The van der Waals surface area contributed by atoms with Gasteiger partial charge in [-0.15, -0.1) is 0 Å². The van der Waals surface area contributed by atoms with Crippen LogP contribution in [0.4, 0.5) is 11.4 Å². The lowest BCUT2D eigenvalue weighted by atomic mass is 10.1. The van der Waals surface area contributed by atoms with Crippen LogP contribution in [0.1, 0.15) is 30.1 Å². The van der Waals surface area contributed by atoms with Crippen molar-refractivity contribution in [3.63, 3.8) is 0 Å². The van der Waals surface area contributed by atoms with E-state index in [0.717, 1.165) is 38.2 Å². The van der Waals surface area contributed by atoms with Crippen LogP contribution in [0.5, 0.6) is 0 Å². The van der Waals surface area contributed by atoms with Crippen molar-refractivity contribution < 1.29 is 14.3 Å². The summed E-state index contributed by atoms with van der Waals surface area (Å²) in [5, 5.41) is 0. The van der Waals surface area contributed by atoms with Gasteiger partial charge in [0, 0.05) is 32.4 Å². The van der Waals surface area contributed by atoms with E-state index < -0.39 is 11.7 Å². The Hall–Kier alpha value is -1.88. The third kappa shape index (κ3) is 2.42. The number of amides is 1. The van der Waals surface area contributed by atoms with Crippen LogP contribution in [0.15, 0.2) is 18.2 Å². The van der Waals surface area contributed by atoms with Gasteiger partial charge in [-0.2, -0.15) is 0 Å². The summed E-state index contributed by atoms with van der Waals surface area (Å²) in [5.74, 6) is -0.863. The lowest BCUT2D eigenvalue weighted by Gasteiger charge is -2.34. The van der Waals surface area contributed by atoms with Gasteiger partial charge in [0.25, 0.3) is 11.7 Å². The molecule has 112 valence electrons. The Morgan fingerprint density at radius 2 is 2.14 bits per heavy atom. The summed E-state index contributed by atoms with van der Waals surface area (Å²) in [6.07, 6.45) is 2.44. The lowest BCUT2D eigenvalue weighted by molar-refractivity contribution is -0.114. The van der Waals surface area contributed by atoms with Crippen molar-refractivity contribution in [3.05, 3.63) is 23.8 Å². The van der Waals surface area contributed by atoms with Gasteiger partial charge in [0.1, 0.15) is 0 Å². The number of fused-ring (bicyclic) bond motifs is 1. The zero-order valence-corrected chi connectivity index (χ0v) is 12.5. The Labute approximate surface area is 124 Å². The van der Waals surface area contributed by atoms with Gasteiger partial charge in [0.2, 0.25) is 0 Å². The van der Waals surface area contributed by atoms with Gasteiger partial charge in [-0.25, -0.2) is 0 Å². The smallest absolute Gasteiger partial charge is 0.299 e. The zero-order valence-electron chi connectivity index (χ0n) is 12.5. The van der Waals surface area contributed by atoms with E-state index in [0.29, 0.717) is 11.3 Å². The molecule has 0 aromatic heterocycles. The Balaban J connectivity index is 1.85. The van der Waals surface area contributed by atoms with E-state index in [9.17, 15) is 9.59 Å². The standard InChI is InChI=1S/C16H20N2O3/c1-3-21-12-5-4-8-18(10-12)11-6-7-13-14(9-11)17(2)16(20)15(13)19/h6-7,9,12H,3-5,8,10H2,1-2H3. The number of hydrogen-bond acceptors (Lipinski definition) is 4. The van der Waals surface area contributed by atoms with Crippen molar-refractivity contribution in [2.45, 2.75) is 25.9 Å². The molecular weight excluding hydrogens is 268 g/mol. The fraction of sp³-hybridized carbons (Fsp3) is 0.500. The van der Waals surface area contributed by atoms with Gasteiger partial charge < -0.3 is 14.5 Å². The van der Waals surface area contributed by atoms with Crippen LogP contribution < -0.4 is 9.80 Å². The minimum atomic E-state index is -0.451. The molecule has 1 unspecified atom stereocenters.